The van der Waals surface area contributed by atoms with Crippen molar-refractivity contribution in [2.75, 3.05) is 6.54 Å². The van der Waals surface area contributed by atoms with Crippen molar-refractivity contribution in [1.82, 2.24) is 5.32 Å². The highest BCUT2D eigenvalue weighted by Gasteiger charge is 2.29. The van der Waals surface area contributed by atoms with Crippen molar-refractivity contribution in [2.45, 2.75) is 57.9 Å². The van der Waals surface area contributed by atoms with Gasteiger partial charge in [-0.1, -0.05) is 54.8 Å². The monoisotopic (exact) mass is 323 g/mol. The molecule has 1 aromatic rings. The standard InChI is InChI=1S/C17H26BrN/c1-13(2)6-3-4-9-19-17-11-15(12-17)14-7-5-8-16(18)10-14/h5,7-8,10,13,15,17,19H,3-4,6,9,11-12H2,1-2H3. The van der Waals surface area contributed by atoms with Gasteiger partial charge in [-0.05, 0) is 55.3 Å². The Labute approximate surface area is 126 Å². The predicted molar refractivity (Wildman–Crippen MR) is 86.6 cm³/mol. The lowest BCUT2D eigenvalue weighted by molar-refractivity contribution is 0.289. The minimum absolute atomic E-state index is 0.753. The van der Waals surface area contributed by atoms with Crippen LogP contribution in [-0.2, 0) is 0 Å². The van der Waals surface area contributed by atoms with Crippen molar-refractivity contribution in [3.05, 3.63) is 34.3 Å². The number of unbranched alkanes of at least 4 members (excludes halogenated alkanes) is 1. The molecule has 1 aliphatic carbocycles. The third kappa shape index (κ3) is 4.92. The highest BCUT2D eigenvalue weighted by Crippen LogP contribution is 2.37. The van der Waals surface area contributed by atoms with Gasteiger partial charge in [-0.2, -0.15) is 0 Å². The summed E-state index contributed by atoms with van der Waals surface area (Å²) >= 11 is 3.55. The highest BCUT2D eigenvalue weighted by atomic mass is 79.9. The van der Waals surface area contributed by atoms with E-state index < -0.39 is 0 Å². The van der Waals surface area contributed by atoms with Gasteiger partial charge in [0.05, 0.1) is 0 Å². The molecule has 1 nitrogen and oxygen atoms in total. The van der Waals surface area contributed by atoms with E-state index in [1.54, 1.807) is 0 Å². The molecule has 0 unspecified atom stereocenters. The molecular formula is C17H26BrN. The average molecular weight is 324 g/mol. The Balaban J connectivity index is 1.59. The lowest BCUT2D eigenvalue weighted by Crippen LogP contribution is -2.40. The van der Waals surface area contributed by atoms with Gasteiger partial charge in [0.1, 0.15) is 0 Å². The first-order chi connectivity index (χ1) is 9.15. The maximum atomic E-state index is 3.70. The van der Waals surface area contributed by atoms with Crippen LogP contribution in [0.25, 0.3) is 0 Å². The van der Waals surface area contributed by atoms with E-state index in [1.807, 2.05) is 0 Å². The van der Waals surface area contributed by atoms with Crippen molar-refractivity contribution in [2.24, 2.45) is 5.92 Å². The second-order valence-electron chi connectivity index (χ2n) is 6.26. The van der Waals surface area contributed by atoms with Crippen LogP contribution in [-0.4, -0.2) is 12.6 Å². The number of hydrogen-bond donors (Lipinski definition) is 1. The first-order valence-electron chi connectivity index (χ1n) is 7.64. The summed E-state index contributed by atoms with van der Waals surface area (Å²) < 4.78 is 1.20. The van der Waals surface area contributed by atoms with Gasteiger partial charge < -0.3 is 5.32 Å². The summed E-state index contributed by atoms with van der Waals surface area (Å²) in [5.74, 6) is 1.62. The van der Waals surface area contributed by atoms with E-state index in [-0.39, 0.29) is 0 Å². The molecule has 0 atom stereocenters. The first-order valence-corrected chi connectivity index (χ1v) is 8.43. The fourth-order valence-corrected chi connectivity index (χ4v) is 3.22. The zero-order valence-corrected chi connectivity index (χ0v) is 13.7. The Morgan fingerprint density at radius 1 is 1.26 bits per heavy atom. The molecule has 2 rings (SSSR count). The minimum atomic E-state index is 0.753. The second-order valence-corrected chi connectivity index (χ2v) is 7.18. The van der Waals surface area contributed by atoms with Gasteiger partial charge in [0.25, 0.3) is 0 Å². The van der Waals surface area contributed by atoms with Gasteiger partial charge in [-0.25, -0.2) is 0 Å². The van der Waals surface area contributed by atoms with E-state index in [9.17, 15) is 0 Å². The maximum absolute atomic E-state index is 3.70. The van der Waals surface area contributed by atoms with Crippen molar-refractivity contribution in [3.8, 4) is 0 Å². The summed E-state index contributed by atoms with van der Waals surface area (Å²) in [5.41, 5.74) is 1.49. The van der Waals surface area contributed by atoms with Crippen molar-refractivity contribution in [3.63, 3.8) is 0 Å². The van der Waals surface area contributed by atoms with Crippen LogP contribution in [0.2, 0.25) is 0 Å². The normalized spacial score (nSPS) is 22.5. The third-order valence-corrected chi connectivity index (χ3v) is 4.59. The molecule has 0 aliphatic heterocycles. The molecule has 0 radical (unpaired) electrons. The number of nitrogens with one attached hydrogen (secondary N) is 1. The quantitative estimate of drug-likeness (QED) is 0.687. The van der Waals surface area contributed by atoms with Gasteiger partial charge in [-0.3, -0.25) is 0 Å². The van der Waals surface area contributed by atoms with Crippen molar-refractivity contribution in [1.29, 1.82) is 0 Å². The van der Waals surface area contributed by atoms with E-state index in [2.05, 4.69) is 59.4 Å². The molecule has 19 heavy (non-hydrogen) atoms. The Hall–Kier alpha value is -0.340. The molecule has 1 aromatic carbocycles. The fraction of sp³-hybridized carbons (Fsp3) is 0.647. The predicted octanol–water partition coefficient (Wildman–Crippen LogP) is 5.11. The van der Waals surface area contributed by atoms with E-state index in [0.717, 1.165) is 17.9 Å². The van der Waals surface area contributed by atoms with Crippen LogP contribution < -0.4 is 5.32 Å². The summed E-state index contributed by atoms with van der Waals surface area (Å²) in [6, 6.07) is 9.53. The van der Waals surface area contributed by atoms with E-state index in [1.165, 1.54) is 48.7 Å². The van der Waals surface area contributed by atoms with Crippen LogP contribution in [0.5, 0.6) is 0 Å². The van der Waals surface area contributed by atoms with Crippen LogP contribution in [0, 0.1) is 5.92 Å². The van der Waals surface area contributed by atoms with Crippen molar-refractivity contribution < 1.29 is 0 Å². The molecule has 1 aliphatic rings. The molecule has 0 spiro atoms. The summed E-state index contributed by atoms with van der Waals surface area (Å²) in [7, 11) is 0. The third-order valence-electron chi connectivity index (χ3n) is 4.10. The van der Waals surface area contributed by atoms with Gasteiger partial charge in [-0.15, -0.1) is 0 Å². The van der Waals surface area contributed by atoms with Crippen LogP contribution in [0.1, 0.15) is 57.4 Å². The Bertz CT molecular complexity index is 383. The molecule has 1 fully saturated rings. The summed E-state index contributed by atoms with van der Waals surface area (Å²) in [4.78, 5) is 0. The van der Waals surface area contributed by atoms with E-state index in [4.69, 9.17) is 0 Å². The fourth-order valence-electron chi connectivity index (χ4n) is 2.80. The van der Waals surface area contributed by atoms with Gasteiger partial charge in [0.2, 0.25) is 0 Å². The van der Waals surface area contributed by atoms with E-state index >= 15 is 0 Å². The first kappa shape index (κ1) is 15.1. The second kappa shape index (κ2) is 7.44. The molecular weight excluding hydrogens is 298 g/mol. The summed E-state index contributed by atoms with van der Waals surface area (Å²) in [5, 5.41) is 3.70. The number of hydrogen-bond acceptors (Lipinski definition) is 1. The molecule has 106 valence electrons. The van der Waals surface area contributed by atoms with Gasteiger partial charge in [0, 0.05) is 10.5 Å². The largest absolute Gasteiger partial charge is 0.314 e. The molecule has 0 bridgehead atoms. The Kier molecular flexibility index (Phi) is 5.90. The van der Waals surface area contributed by atoms with Gasteiger partial charge in [0.15, 0.2) is 0 Å². The molecule has 1 saturated carbocycles. The number of benzene rings is 1. The number of rotatable bonds is 7. The topological polar surface area (TPSA) is 12.0 Å². The average Bonchev–Trinajstić information content (AvgIpc) is 2.30. The molecule has 0 aromatic heterocycles. The van der Waals surface area contributed by atoms with Crippen molar-refractivity contribution >= 4 is 15.9 Å². The molecule has 0 amide bonds. The van der Waals surface area contributed by atoms with Gasteiger partial charge >= 0.3 is 0 Å². The molecule has 1 N–H and O–H groups in total. The SMILES string of the molecule is CC(C)CCCCNC1CC(c2cccc(Br)c2)C1. The summed E-state index contributed by atoms with van der Waals surface area (Å²) in [6.45, 7) is 5.81. The smallest absolute Gasteiger partial charge is 0.0178 e. The van der Waals surface area contributed by atoms with Crippen LogP contribution in [0.4, 0.5) is 0 Å². The molecule has 2 heteroatoms. The Morgan fingerprint density at radius 2 is 2.05 bits per heavy atom. The van der Waals surface area contributed by atoms with E-state index in [0.29, 0.717) is 0 Å². The number of halogens is 1. The molecule has 0 saturated heterocycles. The zero-order valence-electron chi connectivity index (χ0n) is 12.2. The minimum Gasteiger partial charge on any atom is -0.314 e. The zero-order chi connectivity index (χ0) is 13.7. The van der Waals surface area contributed by atoms with Crippen LogP contribution >= 0.6 is 15.9 Å². The maximum Gasteiger partial charge on any atom is 0.0178 e. The van der Waals surface area contributed by atoms with Crippen LogP contribution in [0.3, 0.4) is 0 Å². The Morgan fingerprint density at radius 3 is 2.74 bits per heavy atom. The highest BCUT2D eigenvalue weighted by molar-refractivity contribution is 9.10. The van der Waals surface area contributed by atoms with Crippen LogP contribution in [0.15, 0.2) is 28.7 Å². The lowest BCUT2D eigenvalue weighted by Gasteiger charge is -2.36. The lowest BCUT2D eigenvalue weighted by atomic mass is 9.76. The summed E-state index contributed by atoms with van der Waals surface area (Å²) in [6.07, 6.45) is 6.68. The molecule has 0 heterocycles.